The van der Waals surface area contributed by atoms with Gasteiger partial charge in [0.1, 0.15) is 6.61 Å². The van der Waals surface area contributed by atoms with Crippen molar-refractivity contribution in [3.8, 4) is 0 Å². The van der Waals surface area contributed by atoms with Gasteiger partial charge in [-0.15, -0.1) is 0 Å². The molecule has 2 saturated carbocycles. The van der Waals surface area contributed by atoms with Gasteiger partial charge in [-0.2, -0.15) is 0 Å². The van der Waals surface area contributed by atoms with Crippen LogP contribution in [0.25, 0.3) is 0 Å². The maximum atomic E-state index is 12.0. The maximum Gasteiger partial charge on any atom is 0.306 e. The van der Waals surface area contributed by atoms with Crippen LogP contribution in [0.4, 0.5) is 0 Å². The predicted octanol–water partition coefficient (Wildman–Crippen LogP) is 4.82. The molecule has 2 unspecified atom stereocenters. The Morgan fingerprint density at radius 2 is 1.77 bits per heavy atom. The first kappa shape index (κ1) is 19.4. The van der Waals surface area contributed by atoms with E-state index in [1.54, 1.807) is 0 Å². The van der Waals surface area contributed by atoms with Crippen molar-refractivity contribution < 1.29 is 19.1 Å². The van der Waals surface area contributed by atoms with Crippen LogP contribution in [0.2, 0.25) is 0 Å². The molecule has 0 spiro atoms. The third kappa shape index (κ3) is 4.69. The largest absolute Gasteiger partial charge is 0.465 e. The van der Waals surface area contributed by atoms with E-state index in [1.807, 2.05) is 0 Å². The van der Waals surface area contributed by atoms with Crippen LogP contribution in [0.1, 0.15) is 78.1 Å². The molecular weight excluding hydrogens is 328 g/mol. The highest BCUT2D eigenvalue weighted by molar-refractivity contribution is 5.72. The molecule has 2 fully saturated rings. The second-order valence-electron chi connectivity index (χ2n) is 9.02. The van der Waals surface area contributed by atoms with Crippen molar-refractivity contribution in [1.82, 2.24) is 0 Å². The number of rotatable bonds is 8. The standard InChI is InChI=1S/C22H34O4/c1-22(2)18-12-11-17(19(22)13-18)15-26-21(24)10-6-9-20(23)25-14-16-7-4-3-5-8-16/h11,16,18-19H,3-10,12-15H2,1-2H3. The molecule has 4 nitrogen and oxygen atoms in total. The molecule has 4 aliphatic rings. The second kappa shape index (κ2) is 8.58. The zero-order chi connectivity index (χ0) is 18.6. The van der Waals surface area contributed by atoms with Gasteiger partial charge < -0.3 is 9.47 Å². The number of fused-ring (bicyclic) bond motifs is 1. The van der Waals surface area contributed by atoms with Crippen molar-refractivity contribution in [2.45, 2.75) is 78.1 Å². The van der Waals surface area contributed by atoms with Gasteiger partial charge in [-0.05, 0) is 60.8 Å². The van der Waals surface area contributed by atoms with Gasteiger partial charge in [0.15, 0.2) is 0 Å². The van der Waals surface area contributed by atoms with Gasteiger partial charge in [-0.3, -0.25) is 9.59 Å². The van der Waals surface area contributed by atoms with Crippen molar-refractivity contribution >= 4 is 11.9 Å². The Morgan fingerprint density at radius 1 is 1.08 bits per heavy atom. The monoisotopic (exact) mass is 362 g/mol. The number of hydrogen-bond donors (Lipinski definition) is 0. The van der Waals surface area contributed by atoms with Crippen LogP contribution in [0.15, 0.2) is 11.6 Å². The van der Waals surface area contributed by atoms with Crippen molar-refractivity contribution in [1.29, 1.82) is 0 Å². The van der Waals surface area contributed by atoms with Crippen LogP contribution in [0.5, 0.6) is 0 Å². The summed E-state index contributed by atoms with van der Waals surface area (Å²) in [6, 6.07) is 0. The quantitative estimate of drug-likeness (QED) is 0.459. The topological polar surface area (TPSA) is 52.6 Å². The summed E-state index contributed by atoms with van der Waals surface area (Å²) >= 11 is 0. The lowest BCUT2D eigenvalue weighted by molar-refractivity contribution is -0.146. The normalized spacial score (nSPS) is 27.2. The Balaban J connectivity index is 1.26. The van der Waals surface area contributed by atoms with Crippen LogP contribution in [-0.2, 0) is 19.1 Å². The van der Waals surface area contributed by atoms with E-state index in [1.165, 1.54) is 44.1 Å². The third-order valence-corrected chi connectivity index (χ3v) is 6.95. The van der Waals surface area contributed by atoms with Crippen LogP contribution >= 0.6 is 0 Å². The second-order valence-corrected chi connectivity index (χ2v) is 9.02. The van der Waals surface area contributed by atoms with Crippen molar-refractivity contribution in [3.05, 3.63) is 11.6 Å². The van der Waals surface area contributed by atoms with E-state index in [-0.39, 0.29) is 11.9 Å². The molecule has 4 rings (SSSR count). The fourth-order valence-corrected chi connectivity index (χ4v) is 4.89. The summed E-state index contributed by atoms with van der Waals surface area (Å²) in [6.07, 6.45) is 11.9. The summed E-state index contributed by atoms with van der Waals surface area (Å²) in [5, 5.41) is 0. The molecule has 0 aliphatic heterocycles. The molecule has 2 atom stereocenters. The fraction of sp³-hybridized carbons (Fsp3) is 0.818. The molecular formula is C22H34O4. The van der Waals surface area contributed by atoms with Crippen LogP contribution in [0, 0.1) is 23.2 Å². The van der Waals surface area contributed by atoms with E-state index in [0.717, 1.165) is 12.3 Å². The number of hydrogen-bond acceptors (Lipinski definition) is 4. The molecule has 4 heteroatoms. The summed E-state index contributed by atoms with van der Waals surface area (Å²) in [5.41, 5.74) is 1.65. The predicted molar refractivity (Wildman–Crippen MR) is 100 cm³/mol. The van der Waals surface area contributed by atoms with Crippen LogP contribution in [0.3, 0.4) is 0 Å². The summed E-state index contributed by atoms with van der Waals surface area (Å²) in [7, 11) is 0. The number of ether oxygens (including phenoxy) is 2. The summed E-state index contributed by atoms with van der Waals surface area (Å²) in [6.45, 7) is 5.61. The zero-order valence-corrected chi connectivity index (χ0v) is 16.4. The Morgan fingerprint density at radius 3 is 2.42 bits per heavy atom. The minimum atomic E-state index is -0.203. The molecule has 0 saturated heterocycles. The minimum Gasteiger partial charge on any atom is -0.465 e. The fourth-order valence-electron chi connectivity index (χ4n) is 4.89. The first-order valence-corrected chi connectivity index (χ1v) is 10.5. The van der Waals surface area contributed by atoms with Crippen LogP contribution in [-0.4, -0.2) is 25.2 Å². The molecule has 0 heterocycles. The van der Waals surface area contributed by atoms with E-state index in [4.69, 9.17) is 9.47 Å². The van der Waals surface area contributed by atoms with Crippen LogP contribution < -0.4 is 0 Å². The molecule has 0 N–H and O–H groups in total. The maximum absolute atomic E-state index is 12.0. The van der Waals surface area contributed by atoms with E-state index >= 15 is 0 Å². The van der Waals surface area contributed by atoms with Gasteiger partial charge in [0.05, 0.1) is 6.61 Å². The molecule has 4 aliphatic carbocycles. The Labute approximate surface area is 157 Å². The number of esters is 2. The lowest BCUT2D eigenvalue weighted by Crippen LogP contribution is -2.48. The average Bonchev–Trinajstić information content (AvgIpc) is 2.65. The first-order valence-electron chi connectivity index (χ1n) is 10.5. The Hall–Kier alpha value is -1.32. The van der Waals surface area contributed by atoms with Crippen molar-refractivity contribution in [2.24, 2.45) is 23.2 Å². The van der Waals surface area contributed by atoms with E-state index in [9.17, 15) is 9.59 Å². The van der Waals surface area contributed by atoms with Crippen molar-refractivity contribution in [3.63, 3.8) is 0 Å². The van der Waals surface area contributed by atoms with Gasteiger partial charge in [0.2, 0.25) is 0 Å². The van der Waals surface area contributed by atoms with Crippen molar-refractivity contribution in [2.75, 3.05) is 13.2 Å². The molecule has 0 aromatic carbocycles. The van der Waals surface area contributed by atoms with E-state index in [2.05, 4.69) is 19.9 Å². The van der Waals surface area contributed by atoms with Gasteiger partial charge in [0.25, 0.3) is 0 Å². The van der Waals surface area contributed by atoms with Gasteiger partial charge in [-0.1, -0.05) is 39.2 Å². The third-order valence-electron chi connectivity index (χ3n) is 6.95. The highest BCUT2D eigenvalue weighted by Crippen LogP contribution is 2.59. The summed E-state index contributed by atoms with van der Waals surface area (Å²) in [5.74, 6) is 1.53. The number of allylic oxidation sites excluding steroid dienone is 1. The van der Waals surface area contributed by atoms with E-state index in [0.29, 0.717) is 49.7 Å². The lowest BCUT2D eigenvalue weighted by atomic mass is 9.49. The van der Waals surface area contributed by atoms with E-state index < -0.39 is 0 Å². The summed E-state index contributed by atoms with van der Waals surface area (Å²) < 4.78 is 10.8. The summed E-state index contributed by atoms with van der Waals surface area (Å²) in [4.78, 5) is 23.8. The lowest BCUT2D eigenvalue weighted by Gasteiger charge is -2.56. The molecule has 0 aromatic rings. The minimum absolute atomic E-state index is 0.180. The number of carbonyl (C=O) groups is 2. The average molecular weight is 363 g/mol. The highest BCUT2D eigenvalue weighted by atomic mass is 16.5. The number of carbonyl (C=O) groups excluding carboxylic acids is 2. The molecule has 0 radical (unpaired) electrons. The van der Waals surface area contributed by atoms with Gasteiger partial charge in [0, 0.05) is 12.8 Å². The van der Waals surface area contributed by atoms with Gasteiger partial charge in [-0.25, -0.2) is 0 Å². The molecule has 26 heavy (non-hydrogen) atoms. The molecule has 0 amide bonds. The Kier molecular flexibility index (Phi) is 6.42. The first-order chi connectivity index (χ1) is 12.5. The van der Waals surface area contributed by atoms with Gasteiger partial charge >= 0.3 is 11.9 Å². The molecule has 146 valence electrons. The molecule has 2 bridgehead atoms. The smallest absolute Gasteiger partial charge is 0.306 e. The Bertz CT molecular complexity index is 542. The SMILES string of the molecule is CC1(C)C2CC=C(COC(=O)CCCC(=O)OCC3CCCCC3)C1C2. The highest BCUT2D eigenvalue weighted by Gasteiger charge is 2.51. The zero-order valence-electron chi connectivity index (χ0n) is 16.4. The molecule has 0 aromatic heterocycles.